The maximum atomic E-state index is 13.9. The quantitative estimate of drug-likeness (QED) is 0.841. The normalized spacial score (nSPS) is 16.2. The van der Waals surface area contributed by atoms with Crippen LogP contribution >= 0.6 is 12.2 Å². The third-order valence-corrected chi connectivity index (χ3v) is 4.06. The number of rotatable bonds is 5. The van der Waals surface area contributed by atoms with Crippen LogP contribution in [0.2, 0.25) is 0 Å². The van der Waals surface area contributed by atoms with Crippen LogP contribution in [0.3, 0.4) is 0 Å². The van der Waals surface area contributed by atoms with Crippen LogP contribution in [0.4, 0.5) is 4.39 Å². The molecule has 0 unspecified atom stereocenters. The van der Waals surface area contributed by atoms with E-state index in [1.54, 1.807) is 12.1 Å². The highest BCUT2D eigenvalue weighted by Gasteiger charge is 2.17. The van der Waals surface area contributed by atoms with E-state index in [0.717, 1.165) is 12.5 Å². The van der Waals surface area contributed by atoms with E-state index >= 15 is 0 Å². The minimum absolute atomic E-state index is 0.219. The van der Waals surface area contributed by atoms with Crippen LogP contribution in [-0.2, 0) is 6.54 Å². The molecule has 19 heavy (non-hydrogen) atoms. The number of hydrogen-bond donors (Lipinski definition) is 1. The number of nitrogens with zero attached hydrogens (tertiary/aromatic N) is 1. The summed E-state index contributed by atoms with van der Waals surface area (Å²) in [6.07, 6.45) is 5.31. The summed E-state index contributed by atoms with van der Waals surface area (Å²) in [5.74, 6) is 0.563. The van der Waals surface area contributed by atoms with E-state index in [9.17, 15) is 4.39 Å². The van der Waals surface area contributed by atoms with Crippen LogP contribution in [0, 0.1) is 11.7 Å². The highest BCUT2D eigenvalue weighted by molar-refractivity contribution is 7.80. The zero-order valence-corrected chi connectivity index (χ0v) is 12.2. The van der Waals surface area contributed by atoms with Gasteiger partial charge in [0.2, 0.25) is 0 Å². The van der Waals surface area contributed by atoms with Gasteiger partial charge in [-0.25, -0.2) is 4.39 Å². The smallest absolute Gasteiger partial charge is 0.128 e. The Morgan fingerprint density at radius 1 is 1.42 bits per heavy atom. The zero-order chi connectivity index (χ0) is 13.8. The third kappa shape index (κ3) is 3.98. The summed E-state index contributed by atoms with van der Waals surface area (Å²) in [7, 11) is 2.05. The molecule has 1 aliphatic carbocycles. The first-order valence-corrected chi connectivity index (χ1v) is 7.24. The van der Waals surface area contributed by atoms with E-state index < -0.39 is 0 Å². The topological polar surface area (TPSA) is 29.3 Å². The SMILES string of the molecule is CN(Cc1ccc(C(N)=S)cc1F)CC1CCCC1. The molecule has 0 atom stereocenters. The Morgan fingerprint density at radius 3 is 2.68 bits per heavy atom. The Kier molecular flexibility index (Phi) is 4.88. The molecular weight excluding hydrogens is 259 g/mol. The van der Waals surface area contributed by atoms with Gasteiger partial charge in [-0.3, -0.25) is 0 Å². The van der Waals surface area contributed by atoms with Crippen molar-refractivity contribution in [1.29, 1.82) is 0 Å². The van der Waals surface area contributed by atoms with Crippen molar-refractivity contribution in [3.8, 4) is 0 Å². The molecule has 0 heterocycles. The van der Waals surface area contributed by atoms with Crippen LogP contribution in [0.1, 0.15) is 36.8 Å². The van der Waals surface area contributed by atoms with E-state index in [2.05, 4.69) is 11.9 Å². The van der Waals surface area contributed by atoms with Gasteiger partial charge in [0.25, 0.3) is 0 Å². The van der Waals surface area contributed by atoms with Crippen molar-refractivity contribution >= 4 is 17.2 Å². The molecule has 0 aromatic heterocycles. The standard InChI is InChI=1S/C15H21FN2S/c1-18(9-11-4-2-3-5-11)10-13-7-6-12(15(17)19)8-14(13)16/h6-8,11H,2-5,9-10H2,1H3,(H2,17,19). The summed E-state index contributed by atoms with van der Waals surface area (Å²) in [5, 5.41) is 0. The lowest BCUT2D eigenvalue weighted by atomic mass is 10.1. The number of halogens is 1. The molecule has 0 amide bonds. The van der Waals surface area contributed by atoms with Crippen molar-refractivity contribution in [2.45, 2.75) is 32.2 Å². The van der Waals surface area contributed by atoms with Gasteiger partial charge in [0, 0.05) is 24.2 Å². The fraction of sp³-hybridized carbons (Fsp3) is 0.533. The largest absolute Gasteiger partial charge is 0.389 e. The van der Waals surface area contributed by atoms with Crippen molar-refractivity contribution < 1.29 is 4.39 Å². The molecule has 4 heteroatoms. The lowest BCUT2D eigenvalue weighted by Crippen LogP contribution is -2.24. The Labute approximate surface area is 119 Å². The minimum atomic E-state index is -0.219. The molecular formula is C15H21FN2S. The molecule has 1 aliphatic rings. The van der Waals surface area contributed by atoms with E-state index in [-0.39, 0.29) is 10.8 Å². The average molecular weight is 280 g/mol. The molecule has 104 valence electrons. The predicted octanol–water partition coefficient (Wildman–Crippen LogP) is 3.08. The molecule has 0 aliphatic heterocycles. The second-order valence-electron chi connectivity index (χ2n) is 5.52. The fourth-order valence-electron chi connectivity index (χ4n) is 2.82. The van der Waals surface area contributed by atoms with E-state index in [4.69, 9.17) is 18.0 Å². The summed E-state index contributed by atoms with van der Waals surface area (Å²) >= 11 is 4.85. The highest BCUT2D eigenvalue weighted by Crippen LogP contribution is 2.25. The van der Waals surface area contributed by atoms with Crippen molar-refractivity contribution in [1.82, 2.24) is 4.90 Å². The lowest BCUT2D eigenvalue weighted by molar-refractivity contribution is 0.268. The first-order chi connectivity index (χ1) is 9.06. The maximum Gasteiger partial charge on any atom is 0.128 e. The van der Waals surface area contributed by atoms with Gasteiger partial charge in [0.15, 0.2) is 0 Å². The number of benzene rings is 1. The maximum absolute atomic E-state index is 13.9. The predicted molar refractivity (Wildman–Crippen MR) is 80.6 cm³/mol. The molecule has 1 aromatic rings. The first-order valence-electron chi connectivity index (χ1n) is 6.83. The van der Waals surface area contributed by atoms with Gasteiger partial charge in [0.1, 0.15) is 10.8 Å². The Morgan fingerprint density at radius 2 is 2.11 bits per heavy atom. The summed E-state index contributed by atoms with van der Waals surface area (Å²) in [4.78, 5) is 2.44. The van der Waals surface area contributed by atoms with Crippen molar-refractivity contribution in [2.75, 3.05) is 13.6 Å². The van der Waals surface area contributed by atoms with E-state index in [0.29, 0.717) is 17.7 Å². The van der Waals surface area contributed by atoms with Gasteiger partial charge in [-0.15, -0.1) is 0 Å². The van der Waals surface area contributed by atoms with E-state index in [1.807, 2.05) is 0 Å². The monoisotopic (exact) mass is 280 g/mol. The zero-order valence-electron chi connectivity index (χ0n) is 11.4. The molecule has 1 aromatic carbocycles. The molecule has 2 rings (SSSR count). The van der Waals surface area contributed by atoms with Gasteiger partial charge < -0.3 is 10.6 Å². The van der Waals surface area contributed by atoms with Gasteiger partial charge in [0.05, 0.1) is 0 Å². The summed E-state index contributed by atoms with van der Waals surface area (Å²) in [5.41, 5.74) is 6.80. The van der Waals surface area contributed by atoms with Crippen LogP contribution < -0.4 is 5.73 Å². The lowest BCUT2D eigenvalue weighted by Gasteiger charge is -2.21. The molecule has 2 nitrogen and oxygen atoms in total. The van der Waals surface area contributed by atoms with Gasteiger partial charge in [-0.1, -0.05) is 37.2 Å². The van der Waals surface area contributed by atoms with Crippen LogP contribution in [0.5, 0.6) is 0 Å². The number of hydrogen-bond acceptors (Lipinski definition) is 2. The fourth-order valence-corrected chi connectivity index (χ4v) is 2.94. The molecule has 0 bridgehead atoms. The average Bonchev–Trinajstić information content (AvgIpc) is 2.84. The van der Waals surface area contributed by atoms with Crippen LogP contribution in [-0.4, -0.2) is 23.5 Å². The molecule has 2 N–H and O–H groups in total. The second-order valence-corrected chi connectivity index (χ2v) is 5.96. The van der Waals surface area contributed by atoms with Gasteiger partial charge in [-0.05, 0) is 31.9 Å². The van der Waals surface area contributed by atoms with Crippen LogP contribution in [0.25, 0.3) is 0 Å². The number of thiocarbonyl (C=S) groups is 1. The van der Waals surface area contributed by atoms with E-state index in [1.165, 1.54) is 31.7 Å². The Bertz CT molecular complexity index is 455. The van der Waals surface area contributed by atoms with Crippen molar-refractivity contribution in [3.63, 3.8) is 0 Å². The second kappa shape index (κ2) is 6.44. The van der Waals surface area contributed by atoms with Crippen molar-refractivity contribution in [3.05, 3.63) is 35.1 Å². The van der Waals surface area contributed by atoms with Crippen LogP contribution in [0.15, 0.2) is 18.2 Å². The molecule has 0 radical (unpaired) electrons. The summed E-state index contributed by atoms with van der Waals surface area (Å²) in [6, 6.07) is 5.01. The van der Waals surface area contributed by atoms with Crippen molar-refractivity contribution in [2.24, 2.45) is 11.7 Å². The minimum Gasteiger partial charge on any atom is -0.389 e. The summed E-state index contributed by atoms with van der Waals surface area (Å²) < 4.78 is 13.9. The number of nitrogens with two attached hydrogens (primary N) is 1. The summed E-state index contributed by atoms with van der Waals surface area (Å²) in [6.45, 7) is 1.69. The van der Waals surface area contributed by atoms with Gasteiger partial charge in [-0.2, -0.15) is 0 Å². The highest BCUT2D eigenvalue weighted by atomic mass is 32.1. The molecule has 0 spiro atoms. The Balaban J connectivity index is 1.96. The molecule has 0 saturated heterocycles. The first kappa shape index (κ1) is 14.4. The third-order valence-electron chi connectivity index (χ3n) is 3.82. The Hall–Kier alpha value is -1.00. The molecule has 1 saturated carbocycles. The molecule has 1 fully saturated rings. The van der Waals surface area contributed by atoms with Gasteiger partial charge >= 0.3 is 0 Å².